The molecular formula is C6H11NS. The molecule has 0 aromatic rings. The Morgan fingerprint density at radius 2 is 2.50 bits per heavy atom. The molecule has 0 heterocycles. The molecule has 0 aromatic heterocycles. The van der Waals surface area contributed by atoms with Crippen LogP contribution < -0.4 is 0 Å². The summed E-state index contributed by atoms with van der Waals surface area (Å²) in [5.41, 5.74) is 1.82. The van der Waals surface area contributed by atoms with Gasteiger partial charge in [-0.15, -0.1) is 0 Å². The highest BCUT2D eigenvalue weighted by Gasteiger charge is 1.76. The minimum atomic E-state index is 0.861. The molecule has 8 heavy (non-hydrogen) atoms. The fourth-order valence-electron chi connectivity index (χ4n) is 0.202. The molecule has 0 saturated carbocycles. The van der Waals surface area contributed by atoms with Gasteiger partial charge in [0.25, 0.3) is 0 Å². The lowest BCUT2D eigenvalue weighted by atomic mass is 10.8. The summed E-state index contributed by atoms with van der Waals surface area (Å²) in [4.78, 5) is 5.07. The Morgan fingerprint density at radius 1 is 1.88 bits per heavy atom. The van der Waals surface area contributed by atoms with E-state index in [4.69, 9.17) is 0 Å². The largest absolute Gasteiger partial charge is 0.286 e. The number of thioether (sulfide) groups is 1. The maximum absolute atomic E-state index is 3.99. The van der Waals surface area contributed by atoms with Crippen LogP contribution in [-0.2, 0) is 0 Å². The van der Waals surface area contributed by atoms with Gasteiger partial charge in [-0.25, -0.2) is 0 Å². The van der Waals surface area contributed by atoms with Gasteiger partial charge in [0, 0.05) is 6.54 Å². The van der Waals surface area contributed by atoms with Crippen LogP contribution in [0.25, 0.3) is 0 Å². The van der Waals surface area contributed by atoms with E-state index < -0.39 is 0 Å². The highest BCUT2D eigenvalue weighted by molar-refractivity contribution is 8.15. The summed E-state index contributed by atoms with van der Waals surface area (Å²) in [6.45, 7) is 8.53. The zero-order valence-electron chi connectivity index (χ0n) is 5.35. The van der Waals surface area contributed by atoms with Crippen LogP contribution >= 0.6 is 11.8 Å². The Balaban J connectivity index is 3.16. The van der Waals surface area contributed by atoms with Gasteiger partial charge in [-0.3, -0.25) is 4.99 Å². The number of hydrogen-bond acceptors (Lipinski definition) is 2. The molecule has 0 unspecified atom stereocenters. The van der Waals surface area contributed by atoms with E-state index in [1.54, 1.807) is 11.8 Å². The van der Waals surface area contributed by atoms with E-state index in [-0.39, 0.29) is 0 Å². The first-order chi connectivity index (χ1) is 3.77. The highest BCUT2D eigenvalue weighted by atomic mass is 32.2. The van der Waals surface area contributed by atoms with Crippen molar-refractivity contribution in [1.29, 1.82) is 0 Å². The first kappa shape index (κ1) is 7.76. The van der Waals surface area contributed by atoms with Crippen LogP contribution in [0.2, 0.25) is 0 Å². The zero-order valence-corrected chi connectivity index (χ0v) is 6.16. The second kappa shape index (κ2) is 4.91. The molecule has 1 nitrogen and oxygen atoms in total. The van der Waals surface area contributed by atoms with Crippen molar-refractivity contribution < 1.29 is 0 Å². The van der Waals surface area contributed by atoms with Crippen molar-refractivity contribution >= 4 is 17.3 Å². The fourth-order valence-corrected chi connectivity index (χ4v) is 0.605. The Kier molecular flexibility index (Phi) is 4.76. The van der Waals surface area contributed by atoms with E-state index in [9.17, 15) is 0 Å². The van der Waals surface area contributed by atoms with Gasteiger partial charge < -0.3 is 0 Å². The molecule has 0 radical (unpaired) electrons. The van der Waals surface area contributed by atoms with Crippen molar-refractivity contribution in [3.8, 4) is 0 Å². The lowest BCUT2D eigenvalue weighted by molar-refractivity contribution is 1.15. The number of hydrogen-bond donors (Lipinski definition) is 0. The SMILES string of the molecule is C=C(C)SC=NCC. The summed E-state index contributed by atoms with van der Waals surface area (Å²) in [5, 5.41) is 0. The normalized spacial score (nSPS) is 10.2. The first-order valence-corrected chi connectivity index (χ1v) is 3.45. The smallest absolute Gasteiger partial charge is 0.0585 e. The second-order valence-electron chi connectivity index (χ2n) is 1.42. The van der Waals surface area contributed by atoms with Crippen LogP contribution in [0.1, 0.15) is 13.8 Å². The van der Waals surface area contributed by atoms with Crippen molar-refractivity contribution in [1.82, 2.24) is 0 Å². The third kappa shape index (κ3) is 5.76. The molecule has 0 amide bonds. The maximum atomic E-state index is 3.99. The van der Waals surface area contributed by atoms with Crippen LogP contribution in [0.3, 0.4) is 0 Å². The molecule has 0 atom stereocenters. The summed E-state index contributed by atoms with van der Waals surface area (Å²) in [7, 11) is 0. The van der Waals surface area contributed by atoms with Gasteiger partial charge >= 0.3 is 0 Å². The van der Waals surface area contributed by atoms with Crippen molar-refractivity contribution in [3.63, 3.8) is 0 Å². The maximum Gasteiger partial charge on any atom is 0.0585 e. The average molecular weight is 129 g/mol. The fraction of sp³-hybridized carbons (Fsp3) is 0.500. The monoisotopic (exact) mass is 129 g/mol. The molecule has 0 spiro atoms. The molecule has 0 bridgehead atoms. The van der Waals surface area contributed by atoms with E-state index in [1.807, 2.05) is 19.4 Å². The Hall–Kier alpha value is -0.240. The standard InChI is InChI=1S/C6H11NS/c1-4-7-5-8-6(2)3/h5H,2,4H2,1,3H3. The van der Waals surface area contributed by atoms with Crippen LogP contribution in [-0.4, -0.2) is 12.1 Å². The molecule has 0 aliphatic heterocycles. The molecule has 0 aliphatic carbocycles. The summed E-state index contributed by atoms with van der Waals surface area (Å²) < 4.78 is 0. The summed E-state index contributed by atoms with van der Waals surface area (Å²) in [5.74, 6) is 0. The third-order valence-corrected chi connectivity index (χ3v) is 1.17. The molecule has 0 aliphatic rings. The van der Waals surface area contributed by atoms with Crippen molar-refractivity contribution in [3.05, 3.63) is 11.5 Å². The van der Waals surface area contributed by atoms with E-state index in [0.29, 0.717) is 0 Å². The highest BCUT2D eigenvalue weighted by Crippen LogP contribution is 2.06. The minimum absolute atomic E-state index is 0.861. The molecule has 0 rings (SSSR count). The van der Waals surface area contributed by atoms with Crippen molar-refractivity contribution in [2.75, 3.05) is 6.54 Å². The minimum Gasteiger partial charge on any atom is -0.286 e. The lowest BCUT2D eigenvalue weighted by Crippen LogP contribution is -1.67. The molecule has 0 aromatic carbocycles. The quantitative estimate of drug-likeness (QED) is 0.420. The average Bonchev–Trinajstić information content (AvgIpc) is 1.66. The predicted molar refractivity (Wildman–Crippen MR) is 41.4 cm³/mol. The lowest BCUT2D eigenvalue weighted by Gasteiger charge is -1.85. The van der Waals surface area contributed by atoms with Gasteiger partial charge in [-0.1, -0.05) is 18.3 Å². The summed E-state index contributed by atoms with van der Waals surface area (Å²) in [6, 6.07) is 0. The third-order valence-electron chi connectivity index (χ3n) is 0.511. The molecule has 2 heteroatoms. The van der Waals surface area contributed by atoms with Crippen molar-refractivity contribution in [2.45, 2.75) is 13.8 Å². The number of allylic oxidation sites excluding steroid dienone is 1. The molecular weight excluding hydrogens is 118 g/mol. The summed E-state index contributed by atoms with van der Waals surface area (Å²) >= 11 is 1.57. The Morgan fingerprint density at radius 3 is 2.88 bits per heavy atom. The topological polar surface area (TPSA) is 12.4 Å². The van der Waals surface area contributed by atoms with Crippen LogP contribution in [0.5, 0.6) is 0 Å². The molecule has 46 valence electrons. The number of aliphatic imine (C=N–C) groups is 1. The van der Waals surface area contributed by atoms with E-state index in [2.05, 4.69) is 11.6 Å². The van der Waals surface area contributed by atoms with E-state index in [1.165, 1.54) is 0 Å². The first-order valence-electron chi connectivity index (χ1n) is 2.57. The summed E-state index contributed by atoms with van der Waals surface area (Å²) in [6.07, 6.45) is 0. The van der Waals surface area contributed by atoms with Gasteiger partial charge in [-0.2, -0.15) is 0 Å². The number of rotatable bonds is 3. The van der Waals surface area contributed by atoms with Gasteiger partial charge in [-0.05, 0) is 18.8 Å². The molecule has 0 saturated heterocycles. The number of nitrogens with zero attached hydrogens (tertiary/aromatic N) is 1. The van der Waals surface area contributed by atoms with Gasteiger partial charge in [0.05, 0.1) is 5.55 Å². The molecule has 0 fully saturated rings. The van der Waals surface area contributed by atoms with Crippen LogP contribution in [0, 0.1) is 0 Å². The van der Waals surface area contributed by atoms with Crippen molar-refractivity contribution in [2.24, 2.45) is 4.99 Å². The van der Waals surface area contributed by atoms with Gasteiger partial charge in [0.15, 0.2) is 0 Å². The van der Waals surface area contributed by atoms with Crippen LogP contribution in [0.15, 0.2) is 16.5 Å². The van der Waals surface area contributed by atoms with Gasteiger partial charge in [0.2, 0.25) is 0 Å². The van der Waals surface area contributed by atoms with Gasteiger partial charge in [0.1, 0.15) is 0 Å². The van der Waals surface area contributed by atoms with E-state index >= 15 is 0 Å². The Bertz CT molecular complexity index is 96.7. The van der Waals surface area contributed by atoms with Crippen LogP contribution in [0.4, 0.5) is 0 Å². The Labute approximate surface area is 54.9 Å². The second-order valence-corrected chi connectivity index (χ2v) is 2.57. The van der Waals surface area contributed by atoms with E-state index in [0.717, 1.165) is 11.4 Å². The molecule has 0 N–H and O–H groups in total. The predicted octanol–water partition coefficient (Wildman–Crippen LogP) is 2.30. The zero-order chi connectivity index (χ0) is 6.41.